The van der Waals surface area contributed by atoms with Gasteiger partial charge in [-0.15, -0.1) is 0 Å². The first-order chi connectivity index (χ1) is 15.9. The molecule has 1 atom stereocenters. The van der Waals surface area contributed by atoms with Crippen LogP contribution in [0.2, 0.25) is 0 Å². The molecule has 2 aromatic carbocycles. The molecule has 8 heteroatoms. The molecule has 0 radical (unpaired) electrons. The Morgan fingerprint density at radius 1 is 1.06 bits per heavy atom. The highest BCUT2D eigenvalue weighted by Gasteiger charge is 2.46. The lowest BCUT2D eigenvalue weighted by molar-refractivity contribution is -0.140. The van der Waals surface area contributed by atoms with Gasteiger partial charge in [-0.05, 0) is 47.5 Å². The van der Waals surface area contributed by atoms with E-state index >= 15 is 0 Å². The van der Waals surface area contributed by atoms with Gasteiger partial charge >= 0.3 is 0 Å². The third-order valence-electron chi connectivity index (χ3n) is 5.46. The first-order valence-electron chi connectivity index (χ1n) is 10.1. The summed E-state index contributed by atoms with van der Waals surface area (Å²) in [6.07, 6.45) is 3.28. The average Bonchev–Trinajstić information content (AvgIpc) is 3.09. The molecule has 1 amide bonds. The van der Waals surface area contributed by atoms with Crippen molar-refractivity contribution in [2.45, 2.75) is 12.6 Å². The minimum Gasteiger partial charge on any atom is -0.507 e. The lowest BCUT2D eigenvalue weighted by atomic mass is 9.95. The van der Waals surface area contributed by atoms with E-state index in [0.717, 1.165) is 10.0 Å². The molecule has 3 aromatic rings. The fraction of sp³-hybridized carbons (Fsp3) is 0.160. The summed E-state index contributed by atoms with van der Waals surface area (Å²) in [5.41, 5.74) is 1.82. The summed E-state index contributed by atoms with van der Waals surface area (Å²) in [6.45, 7) is 0.169. The highest BCUT2D eigenvalue weighted by molar-refractivity contribution is 9.10. The molecule has 168 valence electrons. The standard InChI is InChI=1S/C25H21BrN2O5/c1-32-19-10-7-17(12-20(19)33-2)23(29)21-22(16-5-8-18(26)9-6-16)28(25(31)24(21)30)14-15-4-3-11-27-13-15/h3-13,22,29H,14H2,1-2H3. The number of aliphatic hydroxyl groups is 1. The van der Waals surface area contributed by atoms with Crippen molar-refractivity contribution in [3.05, 3.63) is 93.7 Å². The number of aliphatic hydroxyl groups excluding tert-OH is 1. The lowest BCUT2D eigenvalue weighted by Crippen LogP contribution is -2.29. The number of halogens is 1. The molecule has 1 aliphatic heterocycles. The molecule has 0 spiro atoms. The molecule has 7 nitrogen and oxygen atoms in total. The number of carbonyl (C=O) groups is 2. The third-order valence-corrected chi connectivity index (χ3v) is 5.99. The van der Waals surface area contributed by atoms with Gasteiger partial charge in [-0.1, -0.05) is 34.1 Å². The van der Waals surface area contributed by atoms with E-state index in [1.54, 1.807) is 36.7 Å². The zero-order valence-electron chi connectivity index (χ0n) is 18.0. The highest BCUT2D eigenvalue weighted by atomic mass is 79.9. The first kappa shape index (κ1) is 22.5. The van der Waals surface area contributed by atoms with Gasteiger partial charge in [-0.2, -0.15) is 0 Å². The second-order valence-electron chi connectivity index (χ2n) is 7.41. The van der Waals surface area contributed by atoms with Gasteiger partial charge in [0.2, 0.25) is 0 Å². The number of pyridine rings is 1. The van der Waals surface area contributed by atoms with Gasteiger partial charge in [0.05, 0.1) is 25.8 Å². The number of aromatic nitrogens is 1. The number of ether oxygens (including phenoxy) is 2. The molecule has 0 bridgehead atoms. The summed E-state index contributed by atoms with van der Waals surface area (Å²) >= 11 is 3.41. The smallest absolute Gasteiger partial charge is 0.295 e. The van der Waals surface area contributed by atoms with Crippen LogP contribution in [-0.2, 0) is 16.1 Å². The molecule has 1 saturated heterocycles. The number of hydrogen-bond donors (Lipinski definition) is 1. The summed E-state index contributed by atoms with van der Waals surface area (Å²) in [5, 5.41) is 11.2. The largest absolute Gasteiger partial charge is 0.507 e. The predicted molar refractivity (Wildman–Crippen MR) is 126 cm³/mol. The zero-order valence-corrected chi connectivity index (χ0v) is 19.6. The number of amides is 1. The highest BCUT2D eigenvalue weighted by Crippen LogP contribution is 2.41. The molecule has 1 aromatic heterocycles. The fourth-order valence-electron chi connectivity index (χ4n) is 3.86. The van der Waals surface area contributed by atoms with Gasteiger partial charge in [0, 0.05) is 29.0 Å². The molecular weight excluding hydrogens is 488 g/mol. The zero-order chi connectivity index (χ0) is 23.5. The monoisotopic (exact) mass is 508 g/mol. The second-order valence-corrected chi connectivity index (χ2v) is 8.33. The number of ketones is 1. The number of carbonyl (C=O) groups excluding carboxylic acids is 2. The first-order valence-corrected chi connectivity index (χ1v) is 10.9. The Hall–Kier alpha value is -3.65. The van der Waals surface area contributed by atoms with Crippen LogP contribution in [0.15, 0.2) is 77.0 Å². The van der Waals surface area contributed by atoms with Crippen molar-refractivity contribution >= 4 is 33.4 Å². The van der Waals surface area contributed by atoms with Crippen molar-refractivity contribution in [2.24, 2.45) is 0 Å². The van der Waals surface area contributed by atoms with E-state index in [-0.39, 0.29) is 17.9 Å². The molecule has 0 saturated carbocycles. The number of Topliss-reactive ketones (excluding diaryl/α,β-unsaturated/α-hetero) is 1. The maximum absolute atomic E-state index is 13.2. The van der Waals surface area contributed by atoms with Crippen molar-refractivity contribution in [3.8, 4) is 11.5 Å². The molecule has 4 rings (SSSR count). The van der Waals surface area contributed by atoms with Crippen LogP contribution in [0.25, 0.3) is 5.76 Å². The maximum Gasteiger partial charge on any atom is 0.295 e. The molecule has 33 heavy (non-hydrogen) atoms. The topological polar surface area (TPSA) is 89.0 Å². The van der Waals surface area contributed by atoms with Crippen LogP contribution in [0.1, 0.15) is 22.7 Å². The van der Waals surface area contributed by atoms with E-state index in [1.807, 2.05) is 30.3 Å². The fourth-order valence-corrected chi connectivity index (χ4v) is 4.13. The second kappa shape index (κ2) is 9.46. The van der Waals surface area contributed by atoms with Gasteiger partial charge in [0.25, 0.3) is 11.7 Å². The van der Waals surface area contributed by atoms with E-state index < -0.39 is 17.7 Å². The van der Waals surface area contributed by atoms with Gasteiger partial charge < -0.3 is 19.5 Å². The van der Waals surface area contributed by atoms with Crippen LogP contribution in [0, 0.1) is 0 Å². The predicted octanol–water partition coefficient (Wildman–Crippen LogP) is 4.48. The molecule has 1 aliphatic rings. The molecular formula is C25H21BrN2O5. The number of rotatable bonds is 6. The molecule has 2 heterocycles. The van der Waals surface area contributed by atoms with Crippen LogP contribution in [0.3, 0.4) is 0 Å². The van der Waals surface area contributed by atoms with E-state index in [1.165, 1.54) is 19.1 Å². The van der Waals surface area contributed by atoms with Crippen molar-refractivity contribution in [2.75, 3.05) is 14.2 Å². The minimum absolute atomic E-state index is 0.0124. The van der Waals surface area contributed by atoms with Crippen molar-refractivity contribution < 1.29 is 24.2 Å². The van der Waals surface area contributed by atoms with Gasteiger partial charge in [-0.3, -0.25) is 14.6 Å². The van der Waals surface area contributed by atoms with Crippen LogP contribution < -0.4 is 9.47 Å². The lowest BCUT2D eigenvalue weighted by Gasteiger charge is -2.25. The molecule has 0 aliphatic carbocycles. The van der Waals surface area contributed by atoms with Gasteiger partial charge in [0.1, 0.15) is 5.76 Å². The van der Waals surface area contributed by atoms with Crippen LogP contribution in [-0.4, -0.2) is 40.9 Å². The van der Waals surface area contributed by atoms with E-state index in [0.29, 0.717) is 22.6 Å². The normalized spacial score (nSPS) is 17.3. The number of hydrogen-bond acceptors (Lipinski definition) is 6. The quantitative estimate of drug-likeness (QED) is 0.300. The van der Waals surface area contributed by atoms with E-state index in [2.05, 4.69) is 20.9 Å². The van der Waals surface area contributed by atoms with E-state index in [9.17, 15) is 14.7 Å². The van der Waals surface area contributed by atoms with Crippen LogP contribution in [0.5, 0.6) is 11.5 Å². The maximum atomic E-state index is 13.2. The Balaban J connectivity index is 1.86. The Morgan fingerprint density at radius 2 is 1.79 bits per heavy atom. The van der Waals surface area contributed by atoms with Crippen molar-refractivity contribution in [1.82, 2.24) is 9.88 Å². The Morgan fingerprint density at radius 3 is 2.42 bits per heavy atom. The number of nitrogens with zero attached hydrogens (tertiary/aromatic N) is 2. The summed E-state index contributed by atoms with van der Waals surface area (Å²) in [6, 6.07) is 14.9. The van der Waals surface area contributed by atoms with Crippen LogP contribution in [0.4, 0.5) is 0 Å². The number of benzene rings is 2. The summed E-state index contributed by atoms with van der Waals surface area (Å²) in [4.78, 5) is 31.8. The SMILES string of the molecule is COc1ccc(C(O)=C2C(=O)C(=O)N(Cc3cccnc3)C2c2ccc(Br)cc2)cc1OC. The number of likely N-dealkylation sites (tertiary alicyclic amines) is 1. The summed E-state index contributed by atoms with van der Waals surface area (Å²) in [7, 11) is 2.99. The van der Waals surface area contributed by atoms with Crippen molar-refractivity contribution in [3.63, 3.8) is 0 Å². The Kier molecular flexibility index (Phi) is 6.46. The summed E-state index contributed by atoms with van der Waals surface area (Å²) in [5.74, 6) is -0.842. The summed E-state index contributed by atoms with van der Waals surface area (Å²) < 4.78 is 11.4. The van der Waals surface area contributed by atoms with Gasteiger partial charge in [0.15, 0.2) is 11.5 Å². The molecule has 1 N–H and O–H groups in total. The van der Waals surface area contributed by atoms with Gasteiger partial charge in [-0.25, -0.2) is 0 Å². The Labute approximate surface area is 199 Å². The average molecular weight is 509 g/mol. The molecule has 1 fully saturated rings. The Bertz CT molecular complexity index is 1230. The van der Waals surface area contributed by atoms with Crippen LogP contribution >= 0.6 is 15.9 Å². The van der Waals surface area contributed by atoms with Crippen molar-refractivity contribution in [1.29, 1.82) is 0 Å². The minimum atomic E-state index is -0.772. The third kappa shape index (κ3) is 4.34. The molecule has 1 unspecified atom stereocenters. The number of methoxy groups -OCH3 is 2. The van der Waals surface area contributed by atoms with E-state index in [4.69, 9.17) is 9.47 Å².